The van der Waals surface area contributed by atoms with Crippen LogP contribution < -0.4 is 0 Å². The summed E-state index contributed by atoms with van der Waals surface area (Å²) in [5.74, 6) is 0.913. The van der Waals surface area contributed by atoms with Gasteiger partial charge in [-0.1, -0.05) is 0 Å². The van der Waals surface area contributed by atoms with Crippen molar-refractivity contribution in [3.8, 4) is 11.5 Å². The van der Waals surface area contributed by atoms with E-state index in [0.717, 1.165) is 23.6 Å². The van der Waals surface area contributed by atoms with Gasteiger partial charge < -0.3 is 4.42 Å². The zero-order valence-electron chi connectivity index (χ0n) is 5.29. The van der Waals surface area contributed by atoms with E-state index in [4.69, 9.17) is 4.42 Å². The minimum absolute atomic E-state index is 0.913. The lowest BCUT2D eigenvalue weighted by Gasteiger charge is -2.02. The summed E-state index contributed by atoms with van der Waals surface area (Å²) < 4.78 is 5.27. The highest BCUT2D eigenvalue weighted by Gasteiger charge is 2.17. The predicted octanol–water partition coefficient (Wildman–Crippen LogP) is 1.68. The molecule has 48 valence electrons. The molecule has 0 aromatic heterocycles. The van der Waals surface area contributed by atoms with Crippen LogP contribution in [-0.4, -0.2) is 4.98 Å². The van der Waals surface area contributed by atoms with Gasteiger partial charge in [0, 0.05) is 18.2 Å². The van der Waals surface area contributed by atoms with Crippen LogP contribution in [0.1, 0.15) is 11.3 Å². The molecule has 10 heavy (non-hydrogen) atoms. The van der Waals surface area contributed by atoms with Crippen LogP contribution in [-0.2, 0) is 6.42 Å². The molecule has 0 aromatic carbocycles. The highest BCUT2D eigenvalue weighted by atomic mass is 16.3. The van der Waals surface area contributed by atoms with E-state index >= 15 is 0 Å². The van der Waals surface area contributed by atoms with Crippen LogP contribution in [0.4, 0.5) is 0 Å². The van der Waals surface area contributed by atoms with Gasteiger partial charge in [-0.2, -0.15) is 0 Å². The maximum Gasteiger partial charge on any atom is 0.153 e. The fourth-order valence-corrected chi connectivity index (χ4v) is 1.41. The Labute approximate surface area is 57.8 Å². The molecule has 0 amide bonds. The number of nitrogens with zero attached hydrogens (tertiary/aromatic N) is 1. The van der Waals surface area contributed by atoms with E-state index in [1.807, 2.05) is 6.07 Å². The van der Waals surface area contributed by atoms with Crippen LogP contribution in [0.25, 0.3) is 11.5 Å². The van der Waals surface area contributed by atoms with E-state index in [-0.39, 0.29) is 0 Å². The lowest BCUT2D eigenvalue weighted by Crippen LogP contribution is -1.92. The Morgan fingerprint density at radius 1 is 1.40 bits per heavy atom. The smallest absolute Gasteiger partial charge is 0.153 e. The standard InChI is InChI=1S/C8H5NO/c1-5-2-7-8(10-4-5)3-6(1)9-7/h2-4H,1H2. The Kier molecular flexibility index (Phi) is 0.556. The predicted molar refractivity (Wildman–Crippen MR) is 35.9 cm³/mol. The van der Waals surface area contributed by atoms with E-state index in [9.17, 15) is 0 Å². The van der Waals surface area contributed by atoms with Crippen molar-refractivity contribution in [2.75, 3.05) is 0 Å². The zero-order chi connectivity index (χ0) is 6.55. The van der Waals surface area contributed by atoms with Crippen molar-refractivity contribution >= 4 is 0 Å². The van der Waals surface area contributed by atoms with E-state index in [1.54, 1.807) is 6.26 Å². The van der Waals surface area contributed by atoms with Gasteiger partial charge in [-0.15, -0.1) is 0 Å². The Hall–Kier alpha value is -1.31. The number of rotatable bonds is 0. The van der Waals surface area contributed by atoms with Gasteiger partial charge in [0.1, 0.15) is 5.69 Å². The van der Waals surface area contributed by atoms with Crippen molar-refractivity contribution in [3.05, 3.63) is 29.7 Å². The van der Waals surface area contributed by atoms with Crippen molar-refractivity contribution in [1.29, 1.82) is 0 Å². The second-order valence-electron chi connectivity index (χ2n) is 2.63. The largest absolute Gasteiger partial charge is 0.462 e. The normalized spacial score (nSPS) is 13.6. The first-order valence-electron chi connectivity index (χ1n) is 3.29. The fourth-order valence-electron chi connectivity index (χ4n) is 1.41. The Morgan fingerprint density at radius 3 is 3.40 bits per heavy atom. The Bertz CT molecular complexity index is 352. The van der Waals surface area contributed by atoms with Gasteiger partial charge in [-0.3, -0.25) is 0 Å². The average molecular weight is 131 g/mol. The van der Waals surface area contributed by atoms with Crippen molar-refractivity contribution in [3.63, 3.8) is 0 Å². The van der Waals surface area contributed by atoms with Crippen LogP contribution in [0.5, 0.6) is 0 Å². The second kappa shape index (κ2) is 1.24. The van der Waals surface area contributed by atoms with E-state index in [1.165, 1.54) is 5.56 Å². The van der Waals surface area contributed by atoms with E-state index < -0.39 is 0 Å². The van der Waals surface area contributed by atoms with E-state index in [0.29, 0.717) is 0 Å². The monoisotopic (exact) mass is 131 g/mol. The van der Waals surface area contributed by atoms with E-state index in [2.05, 4.69) is 11.1 Å². The topological polar surface area (TPSA) is 26.0 Å². The highest BCUT2D eigenvalue weighted by Crippen LogP contribution is 2.29. The number of hydrogen-bond donors (Lipinski definition) is 0. The van der Waals surface area contributed by atoms with Gasteiger partial charge in [0.15, 0.2) is 5.76 Å². The molecule has 0 saturated heterocycles. The fraction of sp³-hybridized carbons (Fsp3) is 0.125. The third-order valence-corrected chi connectivity index (χ3v) is 1.86. The lowest BCUT2D eigenvalue weighted by molar-refractivity contribution is 0.560. The van der Waals surface area contributed by atoms with Gasteiger partial charge in [0.05, 0.1) is 6.26 Å². The summed E-state index contributed by atoms with van der Waals surface area (Å²) in [6.45, 7) is 0. The van der Waals surface area contributed by atoms with Crippen LogP contribution in [0.3, 0.4) is 0 Å². The molecule has 3 heterocycles. The summed E-state index contributed by atoms with van der Waals surface area (Å²) in [5, 5.41) is 0. The van der Waals surface area contributed by atoms with Crippen molar-refractivity contribution in [2.24, 2.45) is 0 Å². The van der Waals surface area contributed by atoms with Crippen LogP contribution in [0.15, 0.2) is 22.8 Å². The molecule has 0 spiro atoms. The van der Waals surface area contributed by atoms with Crippen molar-refractivity contribution in [1.82, 2.24) is 4.98 Å². The van der Waals surface area contributed by atoms with Gasteiger partial charge in [0.2, 0.25) is 0 Å². The number of hydrogen-bond acceptors (Lipinski definition) is 2. The average Bonchev–Trinajstić information content (AvgIpc) is 2.11. The first kappa shape index (κ1) is 4.50. The van der Waals surface area contributed by atoms with Crippen molar-refractivity contribution in [2.45, 2.75) is 6.42 Å². The molecule has 0 N–H and O–H groups in total. The lowest BCUT2D eigenvalue weighted by atomic mass is 10.2. The third kappa shape index (κ3) is 0.386. The molecule has 2 nitrogen and oxygen atoms in total. The SMILES string of the molecule is c1oc2cc3nc-2cc1C3. The van der Waals surface area contributed by atoms with Crippen LogP contribution in [0, 0.1) is 0 Å². The molecule has 2 heteroatoms. The van der Waals surface area contributed by atoms with Gasteiger partial charge in [0.25, 0.3) is 0 Å². The van der Waals surface area contributed by atoms with Crippen molar-refractivity contribution < 1.29 is 4.42 Å². The molecule has 3 rings (SSSR count). The first-order chi connectivity index (χ1) is 4.92. The molecule has 0 radical (unpaired) electrons. The number of aromatic nitrogens is 1. The van der Waals surface area contributed by atoms with Crippen LogP contribution in [0.2, 0.25) is 0 Å². The molecule has 3 aliphatic heterocycles. The summed E-state index contributed by atoms with van der Waals surface area (Å²) >= 11 is 0. The van der Waals surface area contributed by atoms with Gasteiger partial charge in [-0.05, 0) is 11.6 Å². The Morgan fingerprint density at radius 2 is 2.40 bits per heavy atom. The molecule has 0 fully saturated rings. The minimum atomic E-state index is 0.913. The maximum absolute atomic E-state index is 5.27. The maximum atomic E-state index is 5.27. The molecule has 3 aliphatic rings. The molecule has 0 aromatic rings. The van der Waals surface area contributed by atoms with Crippen LogP contribution >= 0.6 is 0 Å². The summed E-state index contributed by atoms with van der Waals surface area (Å²) in [4.78, 5) is 4.30. The molecule has 3 bridgehead atoms. The first-order valence-corrected chi connectivity index (χ1v) is 3.29. The van der Waals surface area contributed by atoms with Gasteiger partial charge in [-0.25, -0.2) is 4.98 Å². The summed E-state index contributed by atoms with van der Waals surface area (Å²) in [7, 11) is 0. The molecule has 0 aliphatic carbocycles. The highest BCUT2D eigenvalue weighted by molar-refractivity contribution is 5.59. The molecular weight excluding hydrogens is 126 g/mol. The second-order valence-corrected chi connectivity index (χ2v) is 2.63. The van der Waals surface area contributed by atoms with Gasteiger partial charge >= 0.3 is 0 Å². The summed E-state index contributed by atoms with van der Waals surface area (Å²) in [5.41, 5.74) is 3.37. The molecule has 0 saturated carbocycles. The summed E-state index contributed by atoms with van der Waals surface area (Å²) in [6.07, 6.45) is 2.74. The molecule has 0 atom stereocenters. The summed E-state index contributed by atoms with van der Waals surface area (Å²) in [6, 6.07) is 4.08. The molecular formula is C8H5NO. The Balaban J connectivity index is 2.61. The minimum Gasteiger partial charge on any atom is -0.462 e. The zero-order valence-corrected chi connectivity index (χ0v) is 5.29. The quantitative estimate of drug-likeness (QED) is 0.464. The number of fused-ring (bicyclic) bond motifs is 2. The molecule has 0 unspecified atom stereocenters. The third-order valence-electron chi connectivity index (χ3n) is 1.86.